The van der Waals surface area contributed by atoms with Gasteiger partial charge in [0.15, 0.2) is 0 Å². The molecule has 0 saturated carbocycles. The van der Waals surface area contributed by atoms with Crippen molar-refractivity contribution in [2.45, 2.75) is 26.1 Å². The standard InChI is InChI=1S/C5H7F3N4/c1-3(2)12-10-4(9-11-12)5(6,7)8/h3H,1-2H3. The van der Waals surface area contributed by atoms with Gasteiger partial charge >= 0.3 is 6.18 Å². The van der Waals surface area contributed by atoms with Gasteiger partial charge in [0, 0.05) is 0 Å². The SMILES string of the molecule is CC(C)n1nnc(C(F)(F)F)n1. The molecule has 1 aromatic rings. The number of aromatic nitrogens is 4. The zero-order chi connectivity index (χ0) is 9.35. The Morgan fingerprint density at radius 3 is 2.17 bits per heavy atom. The fraction of sp³-hybridized carbons (Fsp3) is 0.800. The third-order valence-electron chi connectivity index (χ3n) is 1.14. The molecule has 0 fully saturated rings. The number of hydrogen-bond acceptors (Lipinski definition) is 3. The maximum Gasteiger partial charge on any atom is 0.455 e. The molecule has 0 atom stereocenters. The van der Waals surface area contributed by atoms with Crippen molar-refractivity contribution < 1.29 is 13.2 Å². The lowest BCUT2D eigenvalue weighted by Gasteiger charge is -2.00. The van der Waals surface area contributed by atoms with Crippen LogP contribution in [-0.4, -0.2) is 20.2 Å². The second kappa shape index (κ2) is 2.72. The topological polar surface area (TPSA) is 43.6 Å². The van der Waals surface area contributed by atoms with Gasteiger partial charge in [0.05, 0.1) is 6.04 Å². The van der Waals surface area contributed by atoms with Crippen LogP contribution in [0.1, 0.15) is 25.7 Å². The molecule has 1 rings (SSSR count). The summed E-state index contributed by atoms with van der Waals surface area (Å²) in [6.07, 6.45) is -4.51. The number of alkyl halides is 3. The maximum atomic E-state index is 11.9. The number of hydrogen-bond donors (Lipinski definition) is 0. The molecule has 0 radical (unpaired) electrons. The summed E-state index contributed by atoms with van der Waals surface area (Å²) < 4.78 is 35.7. The van der Waals surface area contributed by atoms with Crippen molar-refractivity contribution in [1.29, 1.82) is 0 Å². The van der Waals surface area contributed by atoms with Crippen molar-refractivity contribution >= 4 is 0 Å². The van der Waals surface area contributed by atoms with E-state index in [1.807, 2.05) is 0 Å². The lowest BCUT2D eigenvalue weighted by atomic mass is 10.4. The van der Waals surface area contributed by atoms with E-state index in [0.717, 1.165) is 4.80 Å². The van der Waals surface area contributed by atoms with Crippen LogP contribution in [0.5, 0.6) is 0 Å². The molecule has 0 N–H and O–H groups in total. The Kier molecular flexibility index (Phi) is 2.03. The summed E-state index contributed by atoms with van der Waals surface area (Å²) in [7, 11) is 0. The van der Waals surface area contributed by atoms with Gasteiger partial charge in [-0.15, -0.1) is 10.2 Å². The molecule has 12 heavy (non-hydrogen) atoms. The molecule has 0 aliphatic heterocycles. The smallest absolute Gasteiger partial charge is 0.163 e. The van der Waals surface area contributed by atoms with Crippen LogP contribution in [0.3, 0.4) is 0 Å². The molecule has 0 aliphatic carbocycles. The highest BCUT2D eigenvalue weighted by Crippen LogP contribution is 2.25. The molecule has 0 aliphatic rings. The van der Waals surface area contributed by atoms with E-state index >= 15 is 0 Å². The van der Waals surface area contributed by atoms with E-state index < -0.39 is 12.0 Å². The first-order valence-corrected chi connectivity index (χ1v) is 3.28. The van der Waals surface area contributed by atoms with Crippen LogP contribution >= 0.6 is 0 Å². The van der Waals surface area contributed by atoms with Gasteiger partial charge in [0.25, 0.3) is 5.82 Å². The minimum Gasteiger partial charge on any atom is -0.163 e. The summed E-state index contributed by atoms with van der Waals surface area (Å²) in [5.41, 5.74) is 0. The predicted octanol–water partition coefficient (Wildman–Crippen LogP) is 1.27. The Morgan fingerprint density at radius 2 is 1.92 bits per heavy atom. The summed E-state index contributed by atoms with van der Waals surface area (Å²) in [5, 5.41) is 9.25. The van der Waals surface area contributed by atoms with Crippen molar-refractivity contribution in [2.24, 2.45) is 0 Å². The van der Waals surface area contributed by atoms with Crippen molar-refractivity contribution in [3.8, 4) is 0 Å². The third kappa shape index (κ3) is 1.72. The Balaban J connectivity index is 2.92. The van der Waals surface area contributed by atoms with Crippen LogP contribution in [-0.2, 0) is 6.18 Å². The monoisotopic (exact) mass is 180 g/mol. The lowest BCUT2D eigenvalue weighted by molar-refractivity contribution is -0.145. The van der Waals surface area contributed by atoms with E-state index in [1.54, 1.807) is 13.8 Å². The summed E-state index contributed by atoms with van der Waals surface area (Å²) in [6, 6.07) is -0.214. The Labute approximate surface area is 66.4 Å². The fourth-order valence-electron chi connectivity index (χ4n) is 0.557. The van der Waals surface area contributed by atoms with Crippen LogP contribution in [0.15, 0.2) is 0 Å². The van der Waals surface area contributed by atoms with Crippen LogP contribution in [0, 0.1) is 0 Å². The van der Waals surface area contributed by atoms with E-state index in [-0.39, 0.29) is 6.04 Å². The molecule has 7 heteroatoms. The number of nitrogens with zero attached hydrogens (tertiary/aromatic N) is 4. The van der Waals surface area contributed by atoms with Crippen molar-refractivity contribution in [2.75, 3.05) is 0 Å². The van der Waals surface area contributed by atoms with Gasteiger partial charge in [-0.1, -0.05) is 0 Å². The highest BCUT2D eigenvalue weighted by Gasteiger charge is 2.36. The lowest BCUT2D eigenvalue weighted by Crippen LogP contribution is -2.10. The second-order valence-corrected chi connectivity index (χ2v) is 2.52. The first-order chi connectivity index (χ1) is 5.41. The zero-order valence-corrected chi connectivity index (χ0v) is 6.50. The van der Waals surface area contributed by atoms with Gasteiger partial charge in [-0.2, -0.15) is 18.0 Å². The molecule has 4 nitrogen and oxygen atoms in total. The van der Waals surface area contributed by atoms with Gasteiger partial charge in [0.2, 0.25) is 0 Å². The Morgan fingerprint density at radius 1 is 1.33 bits per heavy atom. The van der Waals surface area contributed by atoms with Crippen molar-refractivity contribution in [1.82, 2.24) is 20.2 Å². The summed E-state index contributed by atoms with van der Waals surface area (Å²) in [4.78, 5) is 0.919. The van der Waals surface area contributed by atoms with Crippen LogP contribution in [0.4, 0.5) is 13.2 Å². The van der Waals surface area contributed by atoms with Crippen molar-refractivity contribution in [3.05, 3.63) is 5.82 Å². The highest BCUT2D eigenvalue weighted by molar-refractivity contribution is 4.83. The number of halogens is 3. The van der Waals surface area contributed by atoms with Gasteiger partial charge in [-0.05, 0) is 19.1 Å². The van der Waals surface area contributed by atoms with Crippen LogP contribution in [0.2, 0.25) is 0 Å². The molecule has 0 bridgehead atoms. The largest absolute Gasteiger partial charge is 0.455 e. The molecule has 0 aromatic carbocycles. The summed E-state index contributed by atoms with van der Waals surface area (Å²) in [5.74, 6) is -1.20. The van der Waals surface area contributed by atoms with E-state index in [2.05, 4.69) is 15.4 Å². The quantitative estimate of drug-likeness (QED) is 0.653. The molecule has 0 amide bonds. The Hall–Kier alpha value is -1.14. The van der Waals surface area contributed by atoms with Crippen LogP contribution in [0.25, 0.3) is 0 Å². The molecular weight excluding hydrogens is 173 g/mol. The molecule has 0 unspecified atom stereocenters. The van der Waals surface area contributed by atoms with E-state index in [0.29, 0.717) is 0 Å². The number of tetrazole rings is 1. The average Bonchev–Trinajstić information content (AvgIpc) is 2.30. The molecule has 0 spiro atoms. The predicted molar refractivity (Wildman–Crippen MR) is 33.2 cm³/mol. The van der Waals surface area contributed by atoms with Crippen LogP contribution < -0.4 is 0 Å². The van der Waals surface area contributed by atoms with E-state index in [1.165, 1.54) is 0 Å². The minimum absolute atomic E-state index is 0.214. The zero-order valence-electron chi connectivity index (χ0n) is 6.50. The first kappa shape index (κ1) is 8.95. The van der Waals surface area contributed by atoms with Gasteiger partial charge in [0.1, 0.15) is 0 Å². The van der Waals surface area contributed by atoms with Gasteiger partial charge in [-0.25, -0.2) is 0 Å². The molecule has 68 valence electrons. The molecule has 1 heterocycles. The van der Waals surface area contributed by atoms with Gasteiger partial charge in [-0.3, -0.25) is 0 Å². The third-order valence-corrected chi connectivity index (χ3v) is 1.14. The molecule has 1 aromatic heterocycles. The summed E-state index contributed by atoms with van der Waals surface area (Å²) in [6.45, 7) is 3.34. The summed E-state index contributed by atoms with van der Waals surface area (Å²) >= 11 is 0. The van der Waals surface area contributed by atoms with Gasteiger partial charge < -0.3 is 0 Å². The maximum absolute atomic E-state index is 11.9. The average molecular weight is 180 g/mol. The van der Waals surface area contributed by atoms with E-state index in [9.17, 15) is 13.2 Å². The van der Waals surface area contributed by atoms with Crippen molar-refractivity contribution in [3.63, 3.8) is 0 Å². The normalized spacial score (nSPS) is 12.5. The molecule has 0 saturated heterocycles. The first-order valence-electron chi connectivity index (χ1n) is 3.28. The van der Waals surface area contributed by atoms with E-state index in [4.69, 9.17) is 0 Å². The Bertz CT molecular complexity index is 264. The molecular formula is C5H7F3N4. The highest BCUT2D eigenvalue weighted by atomic mass is 19.4. The fourth-order valence-corrected chi connectivity index (χ4v) is 0.557. The number of rotatable bonds is 1. The second-order valence-electron chi connectivity index (χ2n) is 2.52. The minimum atomic E-state index is -4.51.